The molecule has 128 valence electrons. The minimum absolute atomic E-state index is 0.0606. The Bertz CT molecular complexity index is 692. The molecule has 1 rings (SSSR count). The molecular formula is C16H17NO5S2. The molecule has 0 aliphatic rings. The molecule has 6 nitrogen and oxygen atoms in total. The summed E-state index contributed by atoms with van der Waals surface area (Å²) in [5.74, 6) is -1.57. The number of hydrogen-bond donors (Lipinski definition) is 2. The van der Waals surface area contributed by atoms with Gasteiger partial charge in [-0.25, -0.2) is 0 Å². The molecule has 0 spiro atoms. The molecule has 1 aromatic carbocycles. The summed E-state index contributed by atoms with van der Waals surface area (Å²) in [6.45, 7) is 4.01. The number of ketones is 3. The van der Waals surface area contributed by atoms with Crippen LogP contribution < -0.4 is 5.32 Å². The van der Waals surface area contributed by atoms with Crippen LogP contribution in [0.15, 0.2) is 12.1 Å². The SMILES string of the molecule is CC(=O)c1cc(C(C)=O)c(NC(=S)SCCC(=O)O)c(C(C)=O)c1. The maximum Gasteiger partial charge on any atom is 0.304 e. The van der Waals surface area contributed by atoms with E-state index in [2.05, 4.69) is 5.32 Å². The number of anilines is 1. The number of aliphatic carboxylic acids is 1. The number of benzene rings is 1. The highest BCUT2D eigenvalue weighted by atomic mass is 32.2. The number of carbonyl (C=O) groups excluding carboxylic acids is 3. The predicted octanol–water partition coefficient (Wildman–Crippen LogP) is 3.20. The summed E-state index contributed by atoms with van der Waals surface area (Å²) in [7, 11) is 0. The predicted molar refractivity (Wildman–Crippen MR) is 97.4 cm³/mol. The number of hydrogen-bond acceptors (Lipinski definition) is 6. The van der Waals surface area contributed by atoms with Crippen LogP contribution in [0.1, 0.15) is 58.3 Å². The summed E-state index contributed by atoms with van der Waals surface area (Å²) in [4.78, 5) is 46.0. The number of carboxylic acid groups (broad SMARTS) is 1. The molecule has 1 aromatic rings. The van der Waals surface area contributed by atoms with Crippen molar-refractivity contribution in [2.24, 2.45) is 0 Å². The molecule has 0 saturated carbocycles. The Hall–Kier alpha value is -2.06. The molecule has 0 fully saturated rings. The van der Waals surface area contributed by atoms with Crippen LogP contribution in [0.2, 0.25) is 0 Å². The van der Waals surface area contributed by atoms with Gasteiger partial charge < -0.3 is 10.4 Å². The van der Waals surface area contributed by atoms with Crippen LogP contribution >= 0.6 is 24.0 Å². The van der Waals surface area contributed by atoms with Gasteiger partial charge in [-0.2, -0.15) is 0 Å². The lowest BCUT2D eigenvalue weighted by Gasteiger charge is -2.15. The molecule has 8 heteroatoms. The Morgan fingerprint density at radius 1 is 1.04 bits per heavy atom. The standard InChI is InChI=1S/C16H17NO5S2/c1-8(18)11-6-12(9(2)19)15(13(7-11)10(3)20)17-16(23)24-5-4-14(21)22/h6-7H,4-5H2,1-3H3,(H,17,23)(H,21,22). The van der Waals surface area contributed by atoms with Crippen molar-refractivity contribution in [2.75, 3.05) is 11.1 Å². The van der Waals surface area contributed by atoms with E-state index in [1.54, 1.807) is 0 Å². The molecule has 0 aromatic heterocycles. The van der Waals surface area contributed by atoms with Gasteiger partial charge in [-0.3, -0.25) is 19.2 Å². The van der Waals surface area contributed by atoms with Gasteiger partial charge in [0, 0.05) is 22.4 Å². The number of Topliss-reactive ketones (excluding diaryl/α,β-unsaturated/α-hetero) is 3. The highest BCUT2D eigenvalue weighted by Gasteiger charge is 2.19. The number of thiocarbonyl (C=S) groups is 1. The first kappa shape index (κ1) is 20.0. The summed E-state index contributed by atoms with van der Waals surface area (Å²) >= 11 is 6.24. The largest absolute Gasteiger partial charge is 0.481 e. The van der Waals surface area contributed by atoms with Crippen molar-refractivity contribution in [1.82, 2.24) is 0 Å². The van der Waals surface area contributed by atoms with E-state index in [-0.39, 0.29) is 56.2 Å². The van der Waals surface area contributed by atoms with Gasteiger partial charge in [0.25, 0.3) is 0 Å². The topological polar surface area (TPSA) is 101 Å². The van der Waals surface area contributed by atoms with Gasteiger partial charge in [-0.15, -0.1) is 0 Å². The van der Waals surface area contributed by atoms with Gasteiger partial charge in [0.1, 0.15) is 4.32 Å². The van der Waals surface area contributed by atoms with Crippen LogP contribution in [-0.2, 0) is 4.79 Å². The number of nitrogens with one attached hydrogen (secondary N) is 1. The third-order valence-electron chi connectivity index (χ3n) is 3.08. The van der Waals surface area contributed by atoms with Crippen LogP contribution in [0.5, 0.6) is 0 Å². The van der Waals surface area contributed by atoms with Crippen molar-refractivity contribution >= 4 is 57.3 Å². The molecule has 0 amide bonds. The highest BCUT2D eigenvalue weighted by Crippen LogP contribution is 2.27. The Balaban J connectivity index is 3.21. The minimum atomic E-state index is -0.940. The lowest BCUT2D eigenvalue weighted by molar-refractivity contribution is -0.136. The summed E-state index contributed by atoms with van der Waals surface area (Å²) in [5, 5.41) is 11.5. The Labute approximate surface area is 149 Å². The van der Waals surface area contributed by atoms with E-state index in [0.29, 0.717) is 0 Å². The molecule has 0 bridgehead atoms. The van der Waals surface area contributed by atoms with E-state index in [1.165, 1.54) is 32.9 Å². The molecule has 0 radical (unpaired) electrons. The number of carbonyl (C=O) groups is 4. The summed E-state index contributed by atoms with van der Waals surface area (Å²) in [5.41, 5.74) is 0.886. The van der Waals surface area contributed by atoms with Gasteiger partial charge in [-0.1, -0.05) is 24.0 Å². The fourth-order valence-corrected chi connectivity index (χ4v) is 2.89. The van der Waals surface area contributed by atoms with Crippen molar-refractivity contribution in [3.8, 4) is 0 Å². The van der Waals surface area contributed by atoms with E-state index in [9.17, 15) is 19.2 Å². The van der Waals surface area contributed by atoms with Crippen LogP contribution in [-0.4, -0.2) is 38.5 Å². The molecule has 0 saturated heterocycles. The lowest BCUT2D eigenvalue weighted by Crippen LogP contribution is -2.15. The van der Waals surface area contributed by atoms with Crippen LogP contribution in [0.3, 0.4) is 0 Å². The molecule has 0 unspecified atom stereocenters. The van der Waals surface area contributed by atoms with Crippen molar-refractivity contribution in [3.05, 3.63) is 28.8 Å². The van der Waals surface area contributed by atoms with Gasteiger partial charge >= 0.3 is 5.97 Å². The first-order chi connectivity index (χ1) is 11.1. The lowest BCUT2D eigenvalue weighted by atomic mass is 9.96. The molecule has 0 aliphatic carbocycles. The third-order valence-corrected chi connectivity index (χ3v) is 4.31. The van der Waals surface area contributed by atoms with Gasteiger partial charge in [0.05, 0.1) is 12.1 Å². The van der Waals surface area contributed by atoms with Crippen molar-refractivity contribution in [2.45, 2.75) is 27.2 Å². The molecule has 0 heterocycles. The molecule has 2 N–H and O–H groups in total. The quantitative estimate of drug-likeness (QED) is 0.560. The number of thioether (sulfide) groups is 1. The van der Waals surface area contributed by atoms with E-state index >= 15 is 0 Å². The average molecular weight is 367 g/mol. The number of rotatable bonds is 7. The second-order valence-corrected chi connectivity index (χ2v) is 6.79. The minimum Gasteiger partial charge on any atom is -0.481 e. The smallest absolute Gasteiger partial charge is 0.304 e. The van der Waals surface area contributed by atoms with Crippen LogP contribution in [0.25, 0.3) is 0 Å². The maximum absolute atomic E-state index is 11.9. The van der Waals surface area contributed by atoms with Gasteiger partial charge in [0.2, 0.25) is 0 Å². The summed E-state index contributed by atoms with van der Waals surface area (Å²) < 4.78 is 0.247. The summed E-state index contributed by atoms with van der Waals surface area (Å²) in [6.07, 6.45) is -0.0606. The molecular weight excluding hydrogens is 350 g/mol. The van der Waals surface area contributed by atoms with Crippen LogP contribution in [0.4, 0.5) is 5.69 Å². The zero-order valence-electron chi connectivity index (χ0n) is 13.5. The second-order valence-electron chi connectivity index (χ2n) is 5.02. The van der Waals surface area contributed by atoms with Gasteiger partial charge in [0.15, 0.2) is 17.3 Å². The zero-order valence-corrected chi connectivity index (χ0v) is 15.1. The average Bonchev–Trinajstić information content (AvgIpc) is 2.45. The van der Waals surface area contributed by atoms with E-state index < -0.39 is 5.97 Å². The van der Waals surface area contributed by atoms with E-state index in [4.69, 9.17) is 17.3 Å². The monoisotopic (exact) mass is 367 g/mol. The van der Waals surface area contributed by atoms with Crippen LogP contribution in [0, 0.1) is 0 Å². The fourth-order valence-electron chi connectivity index (χ4n) is 1.90. The summed E-state index contributed by atoms with van der Waals surface area (Å²) in [6, 6.07) is 2.84. The molecule has 0 atom stereocenters. The number of carboxylic acids is 1. The van der Waals surface area contributed by atoms with E-state index in [1.807, 2.05) is 0 Å². The normalized spacial score (nSPS) is 10.1. The Morgan fingerprint density at radius 3 is 1.92 bits per heavy atom. The second kappa shape index (κ2) is 8.70. The van der Waals surface area contributed by atoms with Crippen molar-refractivity contribution < 1.29 is 24.3 Å². The van der Waals surface area contributed by atoms with Crippen molar-refractivity contribution in [3.63, 3.8) is 0 Å². The van der Waals surface area contributed by atoms with Gasteiger partial charge in [-0.05, 0) is 32.9 Å². The maximum atomic E-state index is 11.9. The molecule has 0 aliphatic heterocycles. The third kappa shape index (κ3) is 5.54. The Kier molecular flexibility index (Phi) is 7.24. The first-order valence-corrected chi connectivity index (χ1v) is 8.39. The highest BCUT2D eigenvalue weighted by molar-refractivity contribution is 8.23. The van der Waals surface area contributed by atoms with Crippen molar-refractivity contribution in [1.29, 1.82) is 0 Å². The molecule has 24 heavy (non-hydrogen) atoms. The fraction of sp³-hybridized carbons (Fsp3) is 0.312. The van der Waals surface area contributed by atoms with E-state index in [0.717, 1.165) is 11.8 Å². The zero-order chi connectivity index (χ0) is 18.4. The Morgan fingerprint density at radius 2 is 1.54 bits per heavy atom. The first-order valence-electron chi connectivity index (χ1n) is 7.00.